The Labute approximate surface area is 147 Å². The van der Waals surface area contributed by atoms with E-state index in [2.05, 4.69) is 54.4 Å². The number of likely N-dealkylation sites (N-methyl/N-ethyl adjacent to an activating group) is 1. The van der Waals surface area contributed by atoms with Gasteiger partial charge in [-0.2, -0.15) is 4.98 Å². The third-order valence-corrected chi connectivity index (χ3v) is 4.94. The van der Waals surface area contributed by atoms with Crippen LogP contribution < -0.4 is 5.32 Å². The molecule has 130 valence electrons. The van der Waals surface area contributed by atoms with Gasteiger partial charge < -0.3 is 9.84 Å². The van der Waals surface area contributed by atoms with E-state index >= 15 is 0 Å². The lowest BCUT2D eigenvalue weighted by molar-refractivity contribution is 0.418. The van der Waals surface area contributed by atoms with Gasteiger partial charge >= 0.3 is 0 Å². The van der Waals surface area contributed by atoms with Crippen LogP contribution in [0.3, 0.4) is 0 Å². The molecule has 1 N–H and O–H groups in total. The van der Waals surface area contributed by atoms with E-state index in [1.807, 2.05) is 7.05 Å². The first-order valence-corrected chi connectivity index (χ1v) is 8.97. The van der Waals surface area contributed by atoms with Crippen molar-refractivity contribution in [3.8, 4) is 11.5 Å². The van der Waals surface area contributed by atoms with Crippen LogP contribution in [0.15, 0.2) is 22.7 Å². The quantitative estimate of drug-likeness (QED) is 0.765. The monoisotopic (exact) mass is 336 g/mol. The van der Waals surface area contributed by atoms with Gasteiger partial charge in [-0.25, -0.2) is 0 Å². The highest BCUT2D eigenvalue weighted by molar-refractivity contribution is 5.94. The first kappa shape index (κ1) is 16.2. The second-order valence-corrected chi connectivity index (χ2v) is 7.26. The van der Waals surface area contributed by atoms with E-state index in [4.69, 9.17) is 9.51 Å². The fourth-order valence-corrected chi connectivity index (χ4v) is 3.29. The van der Waals surface area contributed by atoms with Crippen molar-refractivity contribution in [3.63, 3.8) is 0 Å². The molecule has 5 heteroatoms. The molecular weight excluding hydrogens is 312 g/mol. The third-order valence-electron chi connectivity index (χ3n) is 4.94. The summed E-state index contributed by atoms with van der Waals surface area (Å²) in [5.74, 6) is 1.91. The van der Waals surface area contributed by atoms with Gasteiger partial charge in [-0.05, 0) is 58.4 Å². The average Bonchev–Trinajstić information content (AvgIpc) is 3.34. The lowest BCUT2D eigenvalue weighted by Crippen LogP contribution is -2.24. The fourth-order valence-electron chi connectivity index (χ4n) is 3.29. The zero-order valence-electron chi connectivity index (χ0n) is 15.3. The molecule has 1 saturated carbocycles. The van der Waals surface area contributed by atoms with Crippen molar-refractivity contribution < 1.29 is 4.52 Å². The Balaban J connectivity index is 1.85. The maximum atomic E-state index is 5.62. The minimum atomic E-state index is 0.311. The number of hydrogen-bond acceptors (Lipinski definition) is 5. The number of nitrogens with one attached hydrogen (secondary N) is 1. The van der Waals surface area contributed by atoms with Gasteiger partial charge in [0.1, 0.15) is 0 Å². The van der Waals surface area contributed by atoms with Crippen molar-refractivity contribution >= 4 is 10.9 Å². The molecule has 5 nitrogen and oxygen atoms in total. The maximum Gasteiger partial charge on any atom is 0.258 e. The van der Waals surface area contributed by atoms with Crippen LogP contribution in [0.5, 0.6) is 0 Å². The summed E-state index contributed by atoms with van der Waals surface area (Å²) in [7, 11) is 1.94. The smallest absolute Gasteiger partial charge is 0.258 e. The Morgan fingerprint density at radius 1 is 1.20 bits per heavy atom. The molecule has 3 aromatic rings. The van der Waals surface area contributed by atoms with Gasteiger partial charge in [-0.1, -0.05) is 16.8 Å². The molecule has 0 saturated heterocycles. The molecule has 0 spiro atoms. The summed E-state index contributed by atoms with van der Waals surface area (Å²) in [6.07, 6.45) is 3.19. The van der Waals surface area contributed by atoms with Crippen molar-refractivity contribution in [2.45, 2.75) is 52.0 Å². The summed E-state index contributed by atoms with van der Waals surface area (Å²) in [4.78, 5) is 9.59. The van der Waals surface area contributed by atoms with Gasteiger partial charge in [0.25, 0.3) is 5.89 Å². The molecule has 1 unspecified atom stereocenters. The zero-order valence-corrected chi connectivity index (χ0v) is 15.3. The third kappa shape index (κ3) is 3.16. The van der Waals surface area contributed by atoms with E-state index in [0.717, 1.165) is 34.4 Å². The molecule has 0 radical (unpaired) electrons. The molecule has 1 fully saturated rings. The van der Waals surface area contributed by atoms with Gasteiger partial charge in [0.15, 0.2) is 5.82 Å². The molecule has 0 aliphatic heterocycles. The van der Waals surface area contributed by atoms with Crippen molar-refractivity contribution in [2.75, 3.05) is 7.05 Å². The van der Waals surface area contributed by atoms with Gasteiger partial charge in [0, 0.05) is 29.5 Å². The van der Waals surface area contributed by atoms with E-state index < -0.39 is 0 Å². The number of pyridine rings is 1. The number of fused-ring (bicyclic) bond motifs is 1. The van der Waals surface area contributed by atoms with Crippen LogP contribution in [0.4, 0.5) is 0 Å². The van der Waals surface area contributed by atoms with Gasteiger partial charge in [0.05, 0.1) is 11.1 Å². The molecule has 0 bridgehead atoms. The topological polar surface area (TPSA) is 63.8 Å². The molecule has 25 heavy (non-hydrogen) atoms. The summed E-state index contributed by atoms with van der Waals surface area (Å²) in [5.41, 5.74) is 5.62. The van der Waals surface area contributed by atoms with Gasteiger partial charge in [-0.3, -0.25) is 4.98 Å². The summed E-state index contributed by atoms with van der Waals surface area (Å²) < 4.78 is 5.62. The minimum Gasteiger partial charge on any atom is -0.334 e. The van der Waals surface area contributed by atoms with Crippen LogP contribution >= 0.6 is 0 Å². The zero-order chi connectivity index (χ0) is 17.6. The first-order valence-electron chi connectivity index (χ1n) is 8.97. The molecule has 2 aromatic heterocycles. The minimum absolute atomic E-state index is 0.311. The van der Waals surface area contributed by atoms with E-state index in [1.54, 1.807) is 0 Å². The molecule has 1 atom stereocenters. The molecular formula is C20H24N4O. The molecule has 1 aromatic carbocycles. The second kappa shape index (κ2) is 6.23. The van der Waals surface area contributed by atoms with E-state index in [1.165, 1.54) is 24.0 Å². The standard InChI is InChI=1S/C20H24N4O/c1-11-7-12(2)19-15(8-11)16(10-17(22-19)14-5-6-14)20-23-18(24-25-20)9-13(3)21-4/h7-8,10,13-14,21H,5-6,9H2,1-4H3. The van der Waals surface area contributed by atoms with E-state index in [9.17, 15) is 0 Å². The van der Waals surface area contributed by atoms with Crippen molar-refractivity contribution in [1.29, 1.82) is 0 Å². The predicted octanol–water partition coefficient (Wildman–Crippen LogP) is 3.93. The molecule has 0 amide bonds. The first-order chi connectivity index (χ1) is 12.0. The Kier molecular flexibility index (Phi) is 4.04. The second-order valence-electron chi connectivity index (χ2n) is 7.26. The molecule has 1 aliphatic carbocycles. The number of hydrogen-bond donors (Lipinski definition) is 1. The highest BCUT2D eigenvalue weighted by Gasteiger charge is 2.27. The Morgan fingerprint density at radius 3 is 2.72 bits per heavy atom. The Hall–Kier alpha value is -2.27. The molecule has 4 rings (SSSR count). The predicted molar refractivity (Wildman–Crippen MR) is 98.7 cm³/mol. The summed E-state index contributed by atoms with van der Waals surface area (Å²) >= 11 is 0. The lowest BCUT2D eigenvalue weighted by Gasteiger charge is -2.10. The average molecular weight is 336 g/mol. The molecule has 2 heterocycles. The number of aryl methyl sites for hydroxylation is 2. The summed E-state index contributed by atoms with van der Waals surface area (Å²) in [6, 6.07) is 6.81. The molecule has 1 aliphatic rings. The SMILES string of the molecule is CNC(C)Cc1noc(-c2cc(C3CC3)nc3c(C)cc(C)cc23)n1. The number of rotatable bonds is 5. The number of benzene rings is 1. The van der Waals surface area contributed by atoms with Crippen molar-refractivity contribution in [3.05, 3.63) is 40.8 Å². The van der Waals surface area contributed by atoms with Crippen molar-refractivity contribution in [1.82, 2.24) is 20.4 Å². The van der Waals surface area contributed by atoms with Crippen LogP contribution in [0, 0.1) is 13.8 Å². The normalized spacial score (nSPS) is 15.7. The lowest BCUT2D eigenvalue weighted by atomic mass is 10.0. The van der Waals surface area contributed by atoms with Crippen LogP contribution in [-0.2, 0) is 6.42 Å². The maximum absolute atomic E-state index is 5.62. The van der Waals surface area contributed by atoms with E-state index in [-0.39, 0.29) is 0 Å². The number of nitrogens with zero attached hydrogens (tertiary/aromatic N) is 3. The van der Waals surface area contributed by atoms with Crippen LogP contribution in [0.25, 0.3) is 22.4 Å². The number of aromatic nitrogens is 3. The summed E-state index contributed by atoms with van der Waals surface area (Å²) in [6.45, 7) is 6.34. The highest BCUT2D eigenvalue weighted by Crippen LogP contribution is 2.42. The van der Waals surface area contributed by atoms with Gasteiger partial charge in [-0.15, -0.1) is 0 Å². The van der Waals surface area contributed by atoms with Crippen LogP contribution in [0.2, 0.25) is 0 Å². The van der Waals surface area contributed by atoms with Crippen LogP contribution in [-0.4, -0.2) is 28.2 Å². The summed E-state index contributed by atoms with van der Waals surface area (Å²) in [5, 5.41) is 8.48. The largest absolute Gasteiger partial charge is 0.334 e. The fraction of sp³-hybridized carbons (Fsp3) is 0.450. The highest BCUT2D eigenvalue weighted by atomic mass is 16.5. The van der Waals surface area contributed by atoms with Crippen LogP contribution in [0.1, 0.15) is 48.3 Å². The Morgan fingerprint density at radius 2 is 2.00 bits per heavy atom. The van der Waals surface area contributed by atoms with E-state index in [0.29, 0.717) is 17.9 Å². The van der Waals surface area contributed by atoms with Crippen molar-refractivity contribution in [2.24, 2.45) is 0 Å². The van der Waals surface area contributed by atoms with Gasteiger partial charge in [0.2, 0.25) is 0 Å². The Bertz CT molecular complexity index is 927.